The Hall–Kier alpha value is -2.13. The average Bonchev–Trinajstić information content (AvgIpc) is 2.60. The molecule has 136 valence electrons. The number of aliphatic hydroxyl groups excluding tert-OH is 1. The van der Waals surface area contributed by atoms with E-state index in [2.05, 4.69) is 15.3 Å². The second-order valence-corrected chi connectivity index (χ2v) is 5.40. The molecule has 1 heterocycles. The molecular formula is C16H21ClN4O4. The minimum Gasteiger partial charge on any atom is -0.494 e. The third-order valence-corrected chi connectivity index (χ3v) is 3.40. The van der Waals surface area contributed by atoms with Crippen molar-refractivity contribution in [2.24, 2.45) is 0 Å². The van der Waals surface area contributed by atoms with Crippen LogP contribution in [0.4, 0.5) is 17.2 Å². The van der Waals surface area contributed by atoms with Gasteiger partial charge in [-0.2, -0.15) is 4.98 Å². The summed E-state index contributed by atoms with van der Waals surface area (Å²) in [7, 11) is 0. The zero-order chi connectivity index (χ0) is 18.1. The number of nitrogens with one attached hydrogen (secondary N) is 2. The van der Waals surface area contributed by atoms with Crippen LogP contribution >= 0.6 is 11.6 Å². The normalized spacial score (nSPS) is 11.8. The molecule has 2 aromatic rings. The second kappa shape index (κ2) is 10.00. The highest BCUT2D eigenvalue weighted by atomic mass is 35.5. The quantitative estimate of drug-likeness (QED) is 0.219. The zero-order valence-electron chi connectivity index (χ0n) is 13.8. The van der Waals surface area contributed by atoms with Gasteiger partial charge in [-0.1, -0.05) is 0 Å². The van der Waals surface area contributed by atoms with E-state index in [4.69, 9.17) is 26.3 Å². The van der Waals surface area contributed by atoms with Gasteiger partial charge in [0.15, 0.2) is 12.1 Å². The van der Waals surface area contributed by atoms with Gasteiger partial charge in [-0.3, -0.25) is 10.7 Å². The van der Waals surface area contributed by atoms with Crippen molar-refractivity contribution in [1.29, 1.82) is 0 Å². The predicted molar refractivity (Wildman–Crippen MR) is 94.5 cm³/mol. The number of hydrogen-bond acceptors (Lipinski definition) is 8. The van der Waals surface area contributed by atoms with Crippen LogP contribution in [-0.2, 0) is 4.74 Å². The minimum atomic E-state index is -0.741. The molecule has 8 nitrogen and oxygen atoms in total. The van der Waals surface area contributed by atoms with E-state index in [0.717, 1.165) is 5.69 Å². The zero-order valence-corrected chi connectivity index (χ0v) is 14.5. The van der Waals surface area contributed by atoms with Crippen LogP contribution in [-0.4, -0.2) is 39.8 Å². The molecule has 2 rings (SSSR count). The standard InChI is InChI=1S/C16H21ClN4O4/c1-2-24-14(22)4-3-9-25-12-7-5-11(6-8-12)19-15-13(21-23)10-18-16(17)20-15/h5-8,10,14,21-23H,2-4,9H2,1H3,(H,18,19,20). The van der Waals surface area contributed by atoms with Gasteiger partial charge in [0.1, 0.15) is 11.4 Å². The van der Waals surface area contributed by atoms with Gasteiger partial charge in [0.2, 0.25) is 5.28 Å². The van der Waals surface area contributed by atoms with Gasteiger partial charge in [-0.15, -0.1) is 0 Å². The first-order valence-corrected chi connectivity index (χ1v) is 8.22. The van der Waals surface area contributed by atoms with E-state index >= 15 is 0 Å². The topological polar surface area (TPSA) is 109 Å². The molecule has 9 heteroatoms. The van der Waals surface area contributed by atoms with Gasteiger partial charge >= 0.3 is 0 Å². The fraction of sp³-hybridized carbons (Fsp3) is 0.375. The fourth-order valence-electron chi connectivity index (χ4n) is 2.03. The maximum absolute atomic E-state index is 9.46. The minimum absolute atomic E-state index is 0.0655. The number of benzene rings is 1. The molecule has 1 aromatic heterocycles. The summed E-state index contributed by atoms with van der Waals surface area (Å²) in [6.45, 7) is 2.81. The van der Waals surface area contributed by atoms with Crippen molar-refractivity contribution < 1.29 is 19.8 Å². The van der Waals surface area contributed by atoms with E-state index in [-0.39, 0.29) is 5.28 Å². The third kappa shape index (κ3) is 6.35. The Labute approximate surface area is 150 Å². The van der Waals surface area contributed by atoms with E-state index in [1.807, 2.05) is 24.5 Å². The van der Waals surface area contributed by atoms with Crippen LogP contribution in [0, 0.1) is 0 Å². The molecule has 0 fully saturated rings. The Balaban J connectivity index is 1.85. The van der Waals surface area contributed by atoms with E-state index in [1.165, 1.54) is 6.20 Å². The highest BCUT2D eigenvalue weighted by Gasteiger charge is 2.07. The summed E-state index contributed by atoms with van der Waals surface area (Å²) in [4.78, 5) is 7.78. The number of aliphatic hydroxyl groups is 1. The SMILES string of the molecule is CCOC(O)CCCOc1ccc(Nc2nc(Cl)ncc2NO)cc1. The molecule has 0 amide bonds. The number of hydrogen-bond donors (Lipinski definition) is 4. The summed E-state index contributed by atoms with van der Waals surface area (Å²) in [6, 6.07) is 7.22. The summed E-state index contributed by atoms with van der Waals surface area (Å²) in [5, 5.41) is 21.6. The van der Waals surface area contributed by atoms with Crippen molar-refractivity contribution >= 4 is 28.8 Å². The molecule has 0 saturated heterocycles. The molecule has 0 aliphatic carbocycles. The van der Waals surface area contributed by atoms with E-state index in [0.29, 0.717) is 43.3 Å². The van der Waals surface area contributed by atoms with Crippen molar-refractivity contribution in [3.05, 3.63) is 35.7 Å². The second-order valence-electron chi connectivity index (χ2n) is 5.06. The van der Waals surface area contributed by atoms with Crippen LogP contribution in [0.25, 0.3) is 0 Å². The number of anilines is 3. The van der Waals surface area contributed by atoms with Crippen molar-refractivity contribution in [3.63, 3.8) is 0 Å². The molecule has 25 heavy (non-hydrogen) atoms. The molecule has 0 aliphatic heterocycles. The average molecular weight is 369 g/mol. The highest BCUT2D eigenvalue weighted by Crippen LogP contribution is 2.25. The van der Waals surface area contributed by atoms with Crippen molar-refractivity contribution in [3.8, 4) is 5.75 Å². The molecule has 0 aliphatic rings. The van der Waals surface area contributed by atoms with Gasteiger partial charge in [0.25, 0.3) is 0 Å². The number of halogens is 1. The van der Waals surface area contributed by atoms with Crippen LogP contribution in [0.5, 0.6) is 5.75 Å². The van der Waals surface area contributed by atoms with Gasteiger partial charge in [0.05, 0.1) is 12.8 Å². The summed E-state index contributed by atoms with van der Waals surface area (Å²) in [6.07, 6.45) is 1.84. The molecule has 4 N–H and O–H groups in total. The Kier molecular flexibility index (Phi) is 7.68. The molecule has 0 bridgehead atoms. The number of aromatic nitrogens is 2. The van der Waals surface area contributed by atoms with Crippen LogP contribution in [0.2, 0.25) is 5.28 Å². The Morgan fingerprint density at radius 2 is 2.04 bits per heavy atom. The summed E-state index contributed by atoms with van der Waals surface area (Å²) in [5.41, 5.74) is 3.05. The van der Waals surface area contributed by atoms with Gasteiger partial charge < -0.3 is 19.9 Å². The first kappa shape index (κ1) is 19.2. The van der Waals surface area contributed by atoms with Gasteiger partial charge in [-0.25, -0.2) is 4.98 Å². The summed E-state index contributed by atoms with van der Waals surface area (Å²) >= 11 is 5.76. The fourth-order valence-corrected chi connectivity index (χ4v) is 2.17. The number of nitrogens with zero attached hydrogens (tertiary/aromatic N) is 2. The molecule has 0 spiro atoms. The third-order valence-electron chi connectivity index (χ3n) is 3.22. The van der Waals surface area contributed by atoms with Crippen molar-refractivity contribution in [2.45, 2.75) is 26.1 Å². The van der Waals surface area contributed by atoms with E-state index in [9.17, 15) is 5.11 Å². The van der Waals surface area contributed by atoms with Gasteiger partial charge in [-0.05, 0) is 49.2 Å². The predicted octanol–water partition coefficient (Wildman–Crippen LogP) is 3.19. The lowest BCUT2D eigenvalue weighted by atomic mass is 10.3. The molecule has 1 aromatic carbocycles. The molecule has 0 saturated carbocycles. The lowest BCUT2D eigenvalue weighted by molar-refractivity contribution is -0.100. The molecule has 1 unspecified atom stereocenters. The molecule has 0 radical (unpaired) electrons. The maximum atomic E-state index is 9.46. The van der Waals surface area contributed by atoms with E-state index < -0.39 is 6.29 Å². The van der Waals surface area contributed by atoms with Crippen LogP contribution in [0.1, 0.15) is 19.8 Å². The summed E-state index contributed by atoms with van der Waals surface area (Å²) in [5.74, 6) is 1.05. The highest BCUT2D eigenvalue weighted by molar-refractivity contribution is 6.28. The molecule has 1 atom stereocenters. The largest absolute Gasteiger partial charge is 0.494 e. The van der Waals surface area contributed by atoms with Crippen molar-refractivity contribution in [2.75, 3.05) is 24.0 Å². The van der Waals surface area contributed by atoms with Crippen LogP contribution in [0.15, 0.2) is 30.5 Å². The van der Waals surface area contributed by atoms with E-state index in [1.54, 1.807) is 12.1 Å². The lowest BCUT2D eigenvalue weighted by Gasteiger charge is -2.12. The van der Waals surface area contributed by atoms with Crippen LogP contribution < -0.4 is 15.5 Å². The Morgan fingerprint density at radius 3 is 2.72 bits per heavy atom. The monoisotopic (exact) mass is 368 g/mol. The lowest BCUT2D eigenvalue weighted by Crippen LogP contribution is -2.13. The first-order chi connectivity index (χ1) is 12.1. The van der Waals surface area contributed by atoms with Crippen LogP contribution in [0.3, 0.4) is 0 Å². The van der Waals surface area contributed by atoms with Gasteiger partial charge in [0, 0.05) is 18.7 Å². The summed E-state index contributed by atoms with van der Waals surface area (Å²) < 4.78 is 10.7. The maximum Gasteiger partial charge on any atom is 0.224 e. The Morgan fingerprint density at radius 1 is 1.28 bits per heavy atom. The number of ether oxygens (including phenoxy) is 2. The first-order valence-electron chi connectivity index (χ1n) is 7.84. The molecular weight excluding hydrogens is 348 g/mol. The Bertz CT molecular complexity index is 657. The smallest absolute Gasteiger partial charge is 0.224 e. The van der Waals surface area contributed by atoms with Crippen molar-refractivity contribution in [1.82, 2.24) is 9.97 Å². The number of rotatable bonds is 10.